The van der Waals surface area contributed by atoms with Crippen LogP contribution in [0.5, 0.6) is 23.0 Å². The Morgan fingerprint density at radius 1 is 0.642 bits per heavy atom. The number of phenols is 2. The number of fused-ring (bicyclic) bond motifs is 1. The third-order valence-corrected chi connectivity index (χ3v) is 9.29. The molecule has 2 aromatic carbocycles. The van der Waals surface area contributed by atoms with Crippen LogP contribution in [0.4, 0.5) is 0 Å². The van der Waals surface area contributed by atoms with Gasteiger partial charge in [-0.05, 0) is 25.1 Å². The minimum Gasteiger partial charge on any atom is -0.507 e. The van der Waals surface area contributed by atoms with Gasteiger partial charge in [0, 0.05) is 23.8 Å². The number of benzene rings is 2. The SMILES string of the molecule is C[C@H]1O[C@@H](O[C@H]2[C@H](Oc3ccc(-c4cc(=O)c5c(O)cc(O[C@@H]6O[C@@H](CO)[C@@H](O)[C@@H](O)[C@H]6O)cc5o4)cc3O)O[C@H](CO)[C@@H](O)[C@@H]2O)[C@@H](O)[C@@H](O)[C@H]1O. The molecule has 1 aromatic heterocycles. The fourth-order valence-corrected chi connectivity index (χ4v) is 6.22. The molecule has 3 fully saturated rings. The molecule has 53 heavy (non-hydrogen) atoms. The molecule has 12 N–H and O–H groups in total. The highest BCUT2D eigenvalue weighted by Crippen LogP contribution is 2.38. The number of aliphatic hydroxyl groups is 10. The van der Waals surface area contributed by atoms with Crippen molar-refractivity contribution < 1.29 is 94.1 Å². The maximum atomic E-state index is 13.1. The van der Waals surface area contributed by atoms with Gasteiger partial charge in [0.05, 0.1) is 19.3 Å². The summed E-state index contributed by atoms with van der Waals surface area (Å²) in [5.41, 5.74) is -0.825. The lowest BCUT2D eigenvalue weighted by Crippen LogP contribution is -2.64. The number of rotatable bonds is 9. The van der Waals surface area contributed by atoms with Crippen LogP contribution >= 0.6 is 0 Å². The van der Waals surface area contributed by atoms with Crippen LogP contribution in [0.1, 0.15) is 6.92 Å². The molecule has 3 aromatic rings. The molecular weight excluding hydrogens is 716 g/mol. The summed E-state index contributed by atoms with van der Waals surface area (Å²) in [5.74, 6) is -1.77. The molecule has 15 atom stereocenters. The van der Waals surface area contributed by atoms with E-state index in [2.05, 4.69) is 0 Å². The van der Waals surface area contributed by atoms with Gasteiger partial charge in [0.25, 0.3) is 0 Å². The van der Waals surface area contributed by atoms with E-state index in [-0.39, 0.29) is 33.8 Å². The zero-order chi connectivity index (χ0) is 38.5. The van der Waals surface area contributed by atoms with Crippen LogP contribution < -0.4 is 14.9 Å². The second-order valence-electron chi connectivity index (χ2n) is 12.9. The lowest BCUT2D eigenvalue weighted by atomic mass is 9.97. The number of aromatic hydroxyl groups is 2. The fourth-order valence-electron chi connectivity index (χ4n) is 6.22. The summed E-state index contributed by atoms with van der Waals surface area (Å²) >= 11 is 0. The van der Waals surface area contributed by atoms with E-state index >= 15 is 0 Å². The second kappa shape index (κ2) is 15.6. The van der Waals surface area contributed by atoms with Gasteiger partial charge < -0.3 is 94.1 Å². The average molecular weight is 757 g/mol. The van der Waals surface area contributed by atoms with E-state index in [1.807, 2.05) is 0 Å². The van der Waals surface area contributed by atoms with Crippen LogP contribution in [0.3, 0.4) is 0 Å². The van der Waals surface area contributed by atoms with Crippen LogP contribution in [-0.2, 0) is 18.9 Å². The Morgan fingerprint density at radius 3 is 1.92 bits per heavy atom. The van der Waals surface area contributed by atoms with Crippen LogP contribution in [0, 0.1) is 0 Å². The Morgan fingerprint density at radius 2 is 1.26 bits per heavy atom. The van der Waals surface area contributed by atoms with Gasteiger partial charge in [-0.2, -0.15) is 0 Å². The zero-order valence-corrected chi connectivity index (χ0v) is 27.7. The van der Waals surface area contributed by atoms with E-state index < -0.39 is 122 Å². The third-order valence-electron chi connectivity index (χ3n) is 9.29. The van der Waals surface area contributed by atoms with Gasteiger partial charge in [-0.3, -0.25) is 4.79 Å². The molecule has 20 heteroatoms. The van der Waals surface area contributed by atoms with Crippen molar-refractivity contribution in [2.24, 2.45) is 0 Å². The number of hydrogen-bond donors (Lipinski definition) is 12. The van der Waals surface area contributed by atoms with Crippen molar-refractivity contribution in [2.75, 3.05) is 13.2 Å². The summed E-state index contributed by atoms with van der Waals surface area (Å²) in [6.07, 6.45) is -23.9. The van der Waals surface area contributed by atoms with Crippen molar-refractivity contribution in [2.45, 2.75) is 99.0 Å². The molecule has 3 aliphatic heterocycles. The molecule has 0 bridgehead atoms. The predicted octanol–water partition coefficient (Wildman–Crippen LogP) is -3.92. The maximum Gasteiger partial charge on any atom is 0.229 e. The molecule has 0 unspecified atom stereocenters. The predicted molar refractivity (Wildman–Crippen MR) is 171 cm³/mol. The molecule has 6 rings (SSSR count). The zero-order valence-electron chi connectivity index (χ0n) is 27.7. The van der Waals surface area contributed by atoms with Gasteiger partial charge in [-0.25, -0.2) is 0 Å². The molecule has 0 amide bonds. The Bertz CT molecular complexity index is 1800. The largest absolute Gasteiger partial charge is 0.507 e. The second-order valence-corrected chi connectivity index (χ2v) is 12.9. The standard InChI is InChI=1S/C33H40O20/c1-10-22(39)25(42)28(45)31(47-10)53-30-27(44)24(41)20(9-35)52-33(30)50-16-3-2-11(4-13(16)36)17-7-15(38)21-14(37)5-12(6-18(21)49-17)48-32-29(46)26(43)23(40)19(8-34)51-32/h2-7,10,19-20,22-37,39-46H,8-9H2,1H3/t10-,19+,20-,22+,23-,24-,25+,26-,27+,28+,29-,30-,31+,32-,33-/m1/s1. The Hall–Kier alpha value is -3.71. The molecular formula is C33H40O20. The Kier molecular flexibility index (Phi) is 11.5. The van der Waals surface area contributed by atoms with Crippen molar-refractivity contribution in [3.05, 3.63) is 46.6 Å². The molecule has 4 heterocycles. The lowest BCUT2D eigenvalue weighted by molar-refractivity contribution is -0.354. The highest BCUT2D eigenvalue weighted by Gasteiger charge is 2.51. The fraction of sp³-hybridized carbons (Fsp3) is 0.545. The minimum atomic E-state index is -1.82. The normalized spacial score (nSPS) is 37.8. The minimum absolute atomic E-state index is 0.106. The maximum absolute atomic E-state index is 13.1. The van der Waals surface area contributed by atoms with Crippen molar-refractivity contribution in [1.29, 1.82) is 0 Å². The number of aliphatic hydroxyl groups excluding tert-OH is 10. The first-order valence-corrected chi connectivity index (χ1v) is 16.4. The smallest absolute Gasteiger partial charge is 0.229 e. The van der Waals surface area contributed by atoms with Crippen molar-refractivity contribution in [3.8, 4) is 34.3 Å². The quantitative estimate of drug-likeness (QED) is 0.0992. The Labute approximate surface area is 298 Å². The average Bonchev–Trinajstić information content (AvgIpc) is 3.12. The van der Waals surface area contributed by atoms with Gasteiger partial charge in [-0.1, -0.05) is 0 Å². The van der Waals surface area contributed by atoms with Crippen molar-refractivity contribution in [3.63, 3.8) is 0 Å². The molecule has 20 nitrogen and oxygen atoms in total. The third kappa shape index (κ3) is 7.52. The summed E-state index contributed by atoms with van der Waals surface area (Å²) in [6.45, 7) is -0.0911. The topological polar surface area (TPSA) is 328 Å². The number of hydrogen-bond acceptors (Lipinski definition) is 20. The molecule has 3 aliphatic rings. The summed E-state index contributed by atoms with van der Waals surface area (Å²) in [6, 6.07) is 6.89. The van der Waals surface area contributed by atoms with E-state index in [1.54, 1.807) is 0 Å². The highest BCUT2D eigenvalue weighted by molar-refractivity contribution is 5.86. The van der Waals surface area contributed by atoms with Gasteiger partial charge in [0.2, 0.25) is 12.6 Å². The molecule has 0 aliphatic carbocycles. The van der Waals surface area contributed by atoms with E-state index in [9.17, 15) is 66.1 Å². The van der Waals surface area contributed by atoms with Crippen molar-refractivity contribution >= 4 is 11.0 Å². The lowest BCUT2D eigenvalue weighted by Gasteiger charge is -2.45. The van der Waals surface area contributed by atoms with Gasteiger partial charge >= 0.3 is 0 Å². The first-order valence-electron chi connectivity index (χ1n) is 16.4. The molecule has 3 saturated heterocycles. The molecule has 292 valence electrons. The summed E-state index contributed by atoms with van der Waals surface area (Å²) in [7, 11) is 0. The summed E-state index contributed by atoms with van der Waals surface area (Å²) in [4.78, 5) is 13.1. The Balaban J connectivity index is 1.25. The van der Waals surface area contributed by atoms with Crippen LogP contribution in [0.25, 0.3) is 22.3 Å². The van der Waals surface area contributed by atoms with E-state index in [0.29, 0.717) is 0 Å². The van der Waals surface area contributed by atoms with Gasteiger partial charge in [0.1, 0.15) is 89.3 Å². The number of ether oxygens (including phenoxy) is 6. The van der Waals surface area contributed by atoms with E-state index in [0.717, 1.165) is 18.2 Å². The number of phenolic OH excluding ortho intramolecular Hbond substituents is 2. The summed E-state index contributed by atoms with van der Waals surface area (Å²) in [5, 5.41) is 123. The first-order chi connectivity index (χ1) is 25.1. The summed E-state index contributed by atoms with van der Waals surface area (Å²) < 4.78 is 39.2. The van der Waals surface area contributed by atoms with Crippen LogP contribution in [0.2, 0.25) is 0 Å². The molecule has 0 radical (unpaired) electrons. The van der Waals surface area contributed by atoms with Gasteiger partial charge in [-0.15, -0.1) is 0 Å². The van der Waals surface area contributed by atoms with Crippen LogP contribution in [-0.4, -0.2) is 167 Å². The van der Waals surface area contributed by atoms with E-state index in [1.165, 1.54) is 25.1 Å². The van der Waals surface area contributed by atoms with E-state index in [4.69, 9.17) is 32.8 Å². The van der Waals surface area contributed by atoms with Crippen LogP contribution in [0.15, 0.2) is 45.6 Å². The highest BCUT2D eigenvalue weighted by atomic mass is 16.8. The molecule has 0 spiro atoms. The van der Waals surface area contributed by atoms with Gasteiger partial charge in [0.15, 0.2) is 29.3 Å². The van der Waals surface area contributed by atoms with Crippen molar-refractivity contribution in [1.82, 2.24) is 0 Å². The monoisotopic (exact) mass is 756 g/mol. The first kappa shape index (κ1) is 39.0. The molecule has 0 saturated carbocycles.